The van der Waals surface area contributed by atoms with Crippen molar-refractivity contribution in [2.45, 2.75) is 0 Å². The lowest BCUT2D eigenvalue weighted by atomic mass is 10.3. The molecule has 1 aromatic carbocycles. The summed E-state index contributed by atoms with van der Waals surface area (Å²) in [5, 5.41) is 7.69. The van der Waals surface area contributed by atoms with Gasteiger partial charge >= 0.3 is 5.03 Å². The molecule has 6 heteroatoms. The van der Waals surface area contributed by atoms with Crippen molar-refractivity contribution in [2.24, 2.45) is 10.7 Å². The maximum atomic E-state index is 10.0. The van der Waals surface area contributed by atoms with Crippen LogP contribution in [-0.2, 0) is 0 Å². The summed E-state index contributed by atoms with van der Waals surface area (Å²) in [6, 6.07) is 8.80. The second-order valence-corrected chi connectivity index (χ2v) is 2.22. The Labute approximate surface area is 74.2 Å². The van der Waals surface area contributed by atoms with Crippen molar-refractivity contribution in [3.63, 3.8) is 0 Å². The molecule has 6 nitrogen and oxygen atoms in total. The van der Waals surface area contributed by atoms with Gasteiger partial charge in [0.05, 0.1) is 5.69 Å². The molecular weight excluding hydrogens is 172 g/mol. The van der Waals surface area contributed by atoms with Crippen LogP contribution in [0.4, 0.5) is 5.69 Å². The monoisotopic (exact) mass is 181 g/mol. The summed E-state index contributed by atoms with van der Waals surface area (Å²) in [6.07, 6.45) is 0. The van der Waals surface area contributed by atoms with Gasteiger partial charge in [-0.2, -0.15) is 0 Å². The van der Waals surface area contributed by atoms with Crippen LogP contribution in [0, 0.1) is 4.91 Å². The smallest absolute Gasteiger partial charge is 0.362 e. The van der Waals surface area contributed by atoms with Crippen molar-refractivity contribution in [2.75, 3.05) is 0 Å². The van der Waals surface area contributed by atoms with Gasteiger partial charge in [-0.05, 0) is 17.6 Å². The maximum Gasteiger partial charge on any atom is 0.362 e. The molecule has 0 aliphatic carbocycles. The Bertz CT molecular complexity index is 323. The molecule has 68 valence electrons. The summed E-state index contributed by atoms with van der Waals surface area (Å²) in [5.74, 6) is -0.177. The van der Waals surface area contributed by atoms with E-state index in [1.165, 1.54) is 0 Å². The number of aliphatic imine (C=N–C) groups is 1. The third-order valence-corrected chi connectivity index (χ3v) is 1.22. The third-order valence-electron chi connectivity index (χ3n) is 1.22. The van der Waals surface area contributed by atoms with Crippen LogP contribution in [0.2, 0.25) is 0 Å². The van der Waals surface area contributed by atoms with Crippen LogP contribution in [-0.4, -0.2) is 16.2 Å². The Kier molecular flexibility index (Phi) is 2.80. The number of benzene rings is 1. The fourth-order valence-electron chi connectivity index (χ4n) is 0.765. The van der Waals surface area contributed by atoms with E-state index < -0.39 is 5.03 Å². The van der Waals surface area contributed by atoms with Gasteiger partial charge in [0.25, 0.3) is 5.96 Å². The normalized spacial score (nSPS) is 10.9. The molecule has 0 heterocycles. The first kappa shape index (κ1) is 8.98. The van der Waals surface area contributed by atoms with Gasteiger partial charge in [-0.3, -0.25) is 0 Å². The van der Waals surface area contributed by atoms with Gasteiger partial charge in [-0.15, -0.1) is 0 Å². The zero-order valence-electron chi connectivity index (χ0n) is 6.71. The number of hydrogen-bond donors (Lipinski definition) is 3. The van der Waals surface area contributed by atoms with Crippen LogP contribution in [0.1, 0.15) is 0 Å². The molecular formula is C7H9N4O2+. The number of nitrogens with one attached hydrogen (secondary N) is 1. The second-order valence-electron chi connectivity index (χ2n) is 2.22. The maximum absolute atomic E-state index is 10.0. The number of hydrogen-bond acceptors (Lipinski definition) is 2. The molecule has 0 atom stereocenters. The van der Waals surface area contributed by atoms with Crippen LogP contribution in [0.15, 0.2) is 35.3 Å². The third kappa shape index (κ3) is 3.19. The van der Waals surface area contributed by atoms with Crippen LogP contribution in [0.5, 0.6) is 0 Å². The molecule has 0 aliphatic rings. The minimum atomic E-state index is -0.512. The van der Waals surface area contributed by atoms with E-state index in [2.05, 4.69) is 4.99 Å². The van der Waals surface area contributed by atoms with E-state index >= 15 is 0 Å². The highest BCUT2D eigenvalue weighted by Gasteiger charge is 2.03. The van der Waals surface area contributed by atoms with E-state index in [4.69, 9.17) is 10.9 Å². The molecule has 0 spiro atoms. The van der Waals surface area contributed by atoms with Crippen molar-refractivity contribution < 1.29 is 10.2 Å². The first-order valence-electron chi connectivity index (χ1n) is 3.50. The van der Waals surface area contributed by atoms with Crippen molar-refractivity contribution in [3.8, 4) is 0 Å². The number of nitrogens with zero attached hydrogens (tertiary/aromatic N) is 2. The number of rotatable bonds is 2. The van der Waals surface area contributed by atoms with Crippen molar-refractivity contribution in [1.29, 1.82) is 0 Å². The minimum absolute atomic E-state index is 0.177. The molecule has 4 N–H and O–H groups in total. The molecule has 0 amide bonds. The van der Waals surface area contributed by atoms with Gasteiger partial charge in [0.2, 0.25) is 0 Å². The van der Waals surface area contributed by atoms with Gasteiger partial charge in [0.1, 0.15) is 4.91 Å². The number of guanidine groups is 1. The van der Waals surface area contributed by atoms with Gasteiger partial charge in [-0.25, -0.2) is 10.2 Å². The van der Waals surface area contributed by atoms with E-state index in [-0.39, 0.29) is 5.96 Å². The first-order chi connectivity index (χ1) is 6.18. The van der Waals surface area contributed by atoms with E-state index in [1.807, 2.05) is 11.5 Å². The summed E-state index contributed by atoms with van der Waals surface area (Å²) >= 11 is 0. The van der Waals surface area contributed by atoms with E-state index in [0.29, 0.717) is 5.69 Å². The molecule has 0 aromatic heterocycles. The van der Waals surface area contributed by atoms with Gasteiger partial charge in [0.15, 0.2) is 0 Å². The summed E-state index contributed by atoms with van der Waals surface area (Å²) in [5.41, 5.74) is 7.69. The van der Waals surface area contributed by atoms with Crippen LogP contribution in [0.25, 0.3) is 0 Å². The highest BCUT2D eigenvalue weighted by Crippen LogP contribution is 2.08. The molecule has 0 fully saturated rings. The first-order valence-corrected chi connectivity index (χ1v) is 3.50. The highest BCUT2D eigenvalue weighted by atomic mass is 16.7. The van der Waals surface area contributed by atoms with Crippen molar-refractivity contribution in [1.82, 2.24) is 5.43 Å². The van der Waals surface area contributed by atoms with E-state index in [9.17, 15) is 4.91 Å². The summed E-state index contributed by atoms with van der Waals surface area (Å²) in [7, 11) is 0. The Hall–Kier alpha value is -2.11. The number of para-hydroxylation sites is 1. The van der Waals surface area contributed by atoms with Crippen LogP contribution in [0.3, 0.4) is 0 Å². The summed E-state index contributed by atoms with van der Waals surface area (Å²) < 4.78 is 0. The second kappa shape index (κ2) is 4.05. The van der Waals surface area contributed by atoms with Gasteiger partial charge in [-0.1, -0.05) is 18.2 Å². The Morgan fingerprint density at radius 1 is 1.46 bits per heavy atom. The van der Waals surface area contributed by atoms with Crippen LogP contribution < -0.4 is 11.2 Å². The van der Waals surface area contributed by atoms with E-state index in [1.54, 1.807) is 24.3 Å². The fourth-order valence-corrected chi connectivity index (χ4v) is 0.765. The largest absolute Gasteiger partial charge is 0.365 e. The number of hydrazine groups is 1. The lowest BCUT2D eigenvalue weighted by Crippen LogP contribution is -2.36. The Morgan fingerprint density at radius 3 is 2.62 bits per heavy atom. The predicted molar refractivity (Wildman–Crippen MR) is 46.3 cm³/mol. The van der Waals surface area contributed by atoms with Crippen molar-refractivity contribution >= 4 is 11.6 Å². The molecule has 0 radical (unpaired) electrons. The lowest BCUT2D eigenvalue weighted by molar-refractivity contribution is -0.822. The van der Waals surface area contributed by atoms with E-state index in [0.717, 1.165) is 0 Å². The Balaban J connectivity index is 2.71. The molecule has 0 saturated carbocycles. The molecule has 13 heavy (non-hydrogen) atoms. The summed E-state index contributed by atoms with van der Waals surface area (Å²) in [4.78, 5) is 13.8. The topological polar surface area (TPSA) is 90.7 Å². The summed E-state index contributed by atoms with van der Waals surface area (Å²) in [6.45, 7) is 0. The standard InChI is InChI=1S/C7H9N4O2/c8-7(10-11(12)13)9-6-4-2-1-3-5-6/h1-5H,(H,12,13)(H3,8,9,10)/q+1. The minimum Gasteiger partial charge on any atom is -0.365 e. The predicted octanol–water partition coefficient (Wildman–Crippen LogP) is 0.305. The van der Waals surface area contributed by atoms with Crippen molar-refractivity contribution in [3.05, 3.63) is 35.2 Å². The number of nitrogens with two attached hydrogens (primary N) is 1. The molecule has 0 aliphatic heterocycles. The Morgan fingerprint density at radius 2 is 2.08 bits per heavy atom. The van der Waals surface area contributed by atoms with Gasteiger partial charge in [0, 0.05) is 0 Å². The zero-order chi connectivity index (χ0) is 9.68. The SMILES string of the molecule is NC(=Nc1ccccc1)N[N+](=O)O. The fraction of sp³-hybridized carbons (Fsp3) is 0. The molecule has 1 rings (SSSR count). The highest BCUT2D eigenvalue weighted by molar-refractivity contribution is 5.79. The van der Waals surface area contributed by atoms with Crippen LogP contribution >= 0.6 is 0 Å². The molecule has 0 unspecified atom stereocenters. The molecule has 0 saturated heterocycles. The van der Waals surface area contributed by atoms with Gasteiger partial charge < -0.3 is 5.73 Å². The average Bonchev–Trinajstić information content (AvgIpc) is 2.04. The quantitative estimate of drug-likeness (QED) is 0.348. The molecule has 1 aromatic rings. The molecule has 0 bridgehead atoms. The lowest BCUT2D eigenvalue weighted by Gasteiger charge is -1.93. The zero-order valence-corrected chi connectivity index (χ0v) is 6.71. The average molecular weight is 181 g/mol.